The van der Waals surface area contributed by atoms with E-state index < -0.39 is 5.76 Å². The molecule has 0 atom stereocenters. The highest BCUT2D eigenvalue weighted by molar-refractivity contribution is 9.10. The van der Waals surface area contributed by atoms with Gasteiger partial charge in [0.25, 0.3) is 5.91 Å². The molecule has 0 radical (unpaired) electrons. The zero-order valence-corrected chi connectivity index (χ0v) is 18.6. The molecule has 2 heterocycles. The summed E-state index contributed by atoms with van der Waals surface area (Å²) in [7, 11) is 3.21. The van der Waals surface area contributed by atoms with Gasteiger partial charge in [0.2, 0.25) is 5.91 Å². The van der Waals surface area contributed by atoms with Gasteiger partial charge in [0, 0.05) is 35.3 Å². The summed E-state index contributed by atoms with van der Waals surface area (Å²) in [6.45, 7) is -0.0505. The number of anilines is 2. The fraction of sp³-hybridized carbons (Fsp3) is 0.143. The van der Waals surface area contributed by atoms with Crippen LogP contribution in [0.5, 0.6) is 0 Å². The molecule has 3 N–H and O–H groups in total. The number of aromatic amines is 1. The number of nitrogens with zero attached hydrogens (tertiary/aromatic N) is 2. The summed E-state index contributed by atoms with van der Waals surface area (Å²) in [4.78, 5) is 38.7. The minimum Gasteiger partial charge on any atom is -0.375 e. The molecule has 4 rings (SSSR count). The second-order valence-electron chi connectivity index (χ2n) is 6.93. The first-order valence-corrected chi connectivity index (χ1v) is 10.2. The Morgan fingerprint density at radius 1 is 1.19 bits per heavy atom. The number of nitrogens with one attached hydrogen (secondary N) is 3. The van der Waals surface area contributed by atoms with E-state index in [0.29, 0.717) is 22.6 Å². The predicted molar refractivity (Wildman–Crippen MR) is 122 cm³/mol. The molecule has 0 bridgehead atoms. The Kier molecular flexibility index (Phi) is 5.93. The first-order chi connectivity index (χ1) is 15.4. The highest BCUT2D eigenvalue weighted by atomic mass is 79.9. The van der Waals surface area contributed by atoms with Gasteiger partial charge in [-0.1, -0.05) is 27.2 Å². The average molecular weight is 500 g/mol. The normalized spacial score (nSPS) is 11.0. The van der Waals surface area contributed by atoms with Crippen molar-refractivity contribution in [3.63, 3.8) is 0 Å². The van der Waals surface area contributed by atoms with E-state index in [0.717, 1.165) is 15.4 Å². The summed E-state index contributed by atoms with van der Waals surface area (Å²) < 4.78 is 11.9. The number of fused-ring (bicyclic) bond motifs is 1. The quantitative estimate of drug-likeness (QED) is 0.373. The minimum atomic E-state index is -0.695. The summed E-state index contributed by atoms with van der Waals surface area (Å²) >= 11 is 3.37. The molecule has 2 amide bonds. The third kappa shape index (κ3) is 4.34. The summed E-state index contributed by atoms with van der Waals surface area (Å²) in [5.74, 6) is -1.13. The zero-order chi connectivity index (χ0) is 22.8. The number of ether oxygens (including phenoxy) is 1. The molecule has 164 valence electrons. The second kappa shape index (κ2) is 8.81. The van der Waals surface area contributed by atoms with Crippen molar-refractivity contribution in [1.82, 2.24) is 14.7 Å². The largest absolute Gasteiger partial charge is 0.439 e. The number of rotatable bonds is 6. The summed E-state index contributed by atoms with van der Waals surface area (Å²) in [5.41, 5.74) is 2.70. The van der Waals surface area contributed by atoms with Crippen LogP contribution in [0.25, 0.3) is 22.3 Å². The van der Waals surface area contributed by atoms with Crippen LogP contribution in [-0.4, -0.2) is 40.2 Å². The van der Waals surface area contributed by atoms with Crippen molar-refractivity contribution in [3.05, 3.63) is 63.2 Å². The van der Waals surface area contributed by atoms with Crippen molar-refractivity contribution in [2.24, 2.45) is 7.05 Å². The maximum atomic E-state index is 13.1. The molecule has 2 aromatic carbocycles. The predicted octanol–water partition coefficient (Wildman–Crippen LogP) is 3.12. The highest BCUT2D eigenvalue weighted by Gasteiger charge is 2.18. The number of aryl methyl sites for hydroxylation is 1. The topological polar surface area (TPSA) is 131 Å². The fourth-order valence-corrected chi connectivity index (χ4v) is 3.67. The Labute approximate surface area is 189 Å². The van der Waals surface area contributed by atoms with Crippen LogP contribution in [0.4, 0.5) is 11.4 Å². The van der Waals surface area contributed by atoms with Gasteiger partial charge in [-0.3, -0.25) is 19.1 Å². The SMILES string of the molecule is COCC(=O)Nc1ccc2cc(C(=O)Nc3ccc(Br)cc3-c3noc(=O)[nH]3)n(C)c2c1. The van der Waals surface area contributed by atoms with E-state index in [2.05, 4.69) is 41.2 Å². The summed E-state index contributed by atoms with van der Waals surface area (Å²) in [6, 6.07) is 12.3. The van der Waals surface area contributed by atoms with E-state index in [-0.39, 0.29) is 24.2 Å². The molecule has 0 saturated heterocycles. The van der Waals surface area contributed by atoms with Gasteiger partial charge in [0.05, 0.1) is 11.2 Å². The van der Waals surface area contributed by atoms with Crippen LogP contribution in [0.1, 0.15) is 10.5 Å². The van der Waals surface area contributed by atoms with Crippen molar-refractivity contribution < 1.29 is 18.8 Å². The molecular weight excluding hydrogens is 482 g/mol. The molecule has 0 saturated carbocycles. The molecule has 0 fully saturated rings. The van der Waals surface area contributed by atoms with Crippen molar-refractivity contribution in [1.29, 1.82) is 0 Å². The van der Waals surface area contributed by atoms with Crippen molar-refractivity contribution >= 4 is 50.0 Å². The minimum absolute atomic E-state index is 0.0505. The second-order valence-corrected chi connectivity index (χ2v) is 7.85. The number of aromatic nitrogens is 3. The van der Waals surface area contributed by atoms with Crippen LogP contribution >= 0.6 is 15.9 Å². The van der Waals surface area contributed by atoms with Gasteiger partial charge >= 0.3 is 5.76 Å². The van der Waals surface area contributed by atoms with E-state index in [1.54, 1.807) is 48.0 Å². The van der Waals surface area contributed by atoms with E-state index in [1.807, 2.05) is 6.07 Å². The van der Waals surface area contributed by atoms with Crippen molar-refractivity contribution in [3.8, 4) is 11.4 Å². The molecule has 0 spiro atoms. The number of amides is 2. The number of methoxy groups -OCH3 is 1. The van der Waals surface area contributed by atoms with Gasteiger partial charge < -0.3 is 19.9 Å². The van der Waals surface area contributed by atoms with Crippen LogP contribution in [0, 0.1) is 0 Å². The van der Waals surface area contributed by atoms with Gasteiger partial charge in [0.15, 0.2) is 5.82 Å². The third-order valence-corrected chi connectivity index (χ3v) is 5.26. The number of carbonyl (C=O) groups excluding carboxylic acids is 2. The first-order valence-electron chi connectivity index (χ1n) is 9.41. The van der Waals surface area contributed by atoms with Crippen LogP contribution in [0.3, 0.4) is 0 Å². The van der Waals surface area contributed by atoms with Gasteiger partial charge in [0.1, 0.15) is 12.3 Å². The molecule has 0 unspecified atom stereocenters. The summed E-state index contributed by atoms with van der Waals surface area (Å²) in [5, 5.41) is 10.1. The lowest BCUT2D eigenvalue weighted by molar-refractivity contribution is -0.119. The molecule has 2 aromatic heterocycles. The number of carbonyl (C=O) groups is 2. The Hall–Kier alpha value is -3.70. The average Bonchev–Trinajstić information content (AvgIpc) is 3.33. The maximum Gasteiger partial charge on any atom is 0.439 e. The standard InChI is InChI=1S/C21H18BrN5O5/c1-27-16-9-13(23-18(28)10-31-2)5-3-11(16)7-17(27)20(29)24-15-6-4-12(22)8-14(15)19-25-21(30)32-26-19/h3-9H,10H2,1-2H3,(H,23,28)(H,24,29)(H,25,26,30). The molecule has 0 aliphatic carbocycles. The Morgan fingerprint density at radius 2 is 2.00 bits per heavy atom. The fourth-order valence-electron chi connectivity index (χ4n) is 3.31. The van der Waals surface area contributed by atoms with Crippen molar-refractivity contribution in [2.75, 3.05) is 24.4 Å². The maximum absolute atomic E-state index is 13.1. The molecular formula is C21H18BrN5O5. The lowest BCUT2D eigenvalue weighted by Gasteiger charge is -2.10. The highest BCUT2D eigenvalue weighted by Crippen LogP contribution is 2.29. The van der Waals surface area contributed by atoms with E-state index in [1.165, 1.54) is 7.11 Å². The van der Waals surface area contributed by atoms with Gasteiger partial charge in [-0.05, 0) is 36.4 Å². The molecule has 11 heteroatoms. The van der Waals surface area contributed by atoms with Crippen LogP contribution < -0.4 is 16.4 Å². The Balaban J connectivity index is 1.64. The zero-order valence-electron chi connectivity index (χ0n) is 17.1. The Bertz CT molecular complexity index is 1390. The smallest absolute Gasteiger partial charge is 0.375 e. The Morgan fingerprint density at radius 3 is 2.72 bits per heavy atom. The van der Waals surface area contributed by atoms with E-state index in [4.69, 9.17) is 4.74 Å². The number of benzene rings is 2. The van der Waals surface area contributed by atoms with Crippen LogP contribution in [0.2, 0.25) is 0 Å². The van der Waals surface area contributed by atoms with Crippen molar-refractivity contribution in [2.45, 2.75) is 0 Å². The number of H-pyrrole nitrogens is 1. The molecule has 0 aliphatic rings. The third-order valence-electron chi connectivity index (χ3n) is 4.76. The number of hydrogen-bond donors (Lipinski definition) is 3. The van der Waals surface area contributed by atoms with Gasteiger partial charge in [-0.25, -0.2) is 4.79 Å². The van der Waals surface area contributed by atoms with Crippen LogP contribution in [-0.2, 0) is 16.6 Å². The molecule has 4 aromatic rings. The first kappa shape index (κ1) is 21.5. The molecule has 32 heavy (non-hydrogen) atoms. The van der Waals surface area contributed by atoms with Gasteiger partial charge in [-0.15, -0.1) is 0 Å². The molecule has 0 aliphatic heterocycles. The number of hydrogen-bond acceptors (Lipinski definition) is 6. The van der Waals surface area contributed by atoms with E-state index >= 15 is 0 Å². The lowest BCUT2D eigenvalue weighted by atomic mass is 10.1. The lowest BCUT2D eigenvalue weighted by Crippen LogP contribution is -2.17. The molecule has 10 nitrogen and oxygen atoms in total. The van der Waals surface area contributed by atoms with Crippen LogP contribution in [0.15, 0.2) is 56.3 Å². The summed E-state index contributed by atoms with van der Waals surface area (Å²) in [6.07, 6.45) is 0. The number of halogens is 1. The van der Waals surface area contributed by atoms with Gasteiger partial charge in [-0.2, -0.15) is 0 Å². The monoisotopic (exact) mass is 499 g/mol. The van der Waals surface area contributed by atoms with E-state index in [9.17, 15) is 14.4 Å².